The van der Waals surface area contributed by atoms with Crippen molar-refractivity contribution < 1.29 is 26.8 Å². The molecule has 1 saturated heterocycles. The minimum Gasteiger partial charge on any atom is -0.455 e. The number of rotatable bonds is 4. The predicted molar refractivity (Wildman–Crippen MR) is 96.6 cm³/mol. The van der Waals surface area contributed by atoms with Crippen LogP contribution in [0, 0.1) is 12.7 Å². The number of nitrogens with one attached hydrogen (secondary N) is 1. The van der Waals surface area contributed by atoms with Crippen molar-refractivity contribution in [2.24, 2.45) is 0 Å². The molecule has 2 heterocycles. The number of nitrogens with zero attached hydrogens (tertiary/aromatic N) is 1. The smallest absolute Gasteiger partial charge is 0.291 e. The Labute approximate surface area is 157 Å². The number of amides is 1. The van der Waals surface area contributed by atoms with Gasteiger partial charge in [0, 0.05) is 19.2 Å². The number of furan rings is 1. The van der Waals surface area contributed by atoms with E-state index >= 15 is 0 Å². The summed E-state index contributed by atoms with van der Waals surface area (Å²) in [6, 6.07) is 6.85. The van der Waals surface area contributed by atoms with Gasteiger partial charge in [0.25, 0.3) is 5.91 Å². The first-order valence-electron chi connectivity index (χ1n) is 8.50. The van der Waals surface area contributed by atoms with Gasteiger partial charge in [-0.1, -0.05) is 12.1 Å². The molecule has 1 fully saturated rings. The minimum atomic E-state index is -3.85. The Morgan fingerprint density at radius 1 is 1.22 bits per heavy atom. The standard InChI is InChI=1S/C18H21FN2O5S/c1-11-9-21(10-12(2)25-11)27(23,24)17-8-16(26-13(17)3)18(22)20-15-7-5-4-6-14(15)19/h4-8,11-12H,9-10H2,1-3H3,(H,20,22)/t11-,12-/m1/s1. The number of hydrogen-bond donors (Lipinski definition) is 1. The topological polar surface area (TPSA) is 88.8 Å². The van der Waals surface area contributed by atoms with Crippen LogP contribution in [0.4, 0.5) is 10.1 Å². The maximum Gasteiger partial charge on any atom is 0.291 e. The number of aryl methyl sites for hydroxylation is 1. The number of carbonyl (C=O) groups excluding carboxylic acids is 1. The predicted octanol–water partition coefficient (Wildman–Crippen LogP) is 2.78. The van der Waals surface area contributed by atoms with Crippen LogP contribution in [0.2, 0.25) is 0 Å². The number of sulfonamides is 1. The lowest BCUT2D eigenvalue weighted by molar-refractivity contribution is -0.0441. The summed E-state index contributed by atoms with van der Waals surface area (Å²) in [5.74, 6) is -1.43. The molecule has 27 heavy (non-hydrogen) atoms. The molecule has 0 aliphatic carbocycles. The van der Waals surface area contributed by atoms with Crippen LogP contribution in [0.3, 0.4) is 0 Å². The maximum absolute atomic E-state index is 13.7. The van der Waals surface area contributed by atoms with Crippen LogP contribution in [-0.4, -0.2) is 43.9 Å². The molecule has 0 spiro atoms. The van der Waals surface area contributed by atoms with E-state index in [1.807, 2.05) is 0 Å². The zero-order chi connectivity index (χ0) is 19.8. The van der Waals surface area contributed by atoms with E-state index in [-0.39, 0.29) is 47.4 Å². The zero-order valence-corrected chi connectivity index (χ0v) is 16.0. The number of ether oxygens (including phenoxy) is 1. The summed E-state index contributed by atoms with van der Waals surface area (Å²) in [5.41, 5.74) is -0.0169. The Morgan fingerprint density at radius 3 is 2.48 bits per heavy atom. The fraction of sp³-hybridized carbons (Fsp3) is 0.389. The molecule has 1 aromatic heterocycles. The highest BCUT2D eigenvalue weighted by Crippen LogP contribution is 2.27. The van der Waals surface area contributed by atoms with E-state index in [4.69, 9.17) is 9.15 Å². The largest absolute Gasteiger partial charge is 0.455 e. The van der Waals surface area contributed by atoms with E-state index < -0.39 is 21.7 Å². The summed E-state index contributed by atoms with van der Waals surface area (Å²) in [6.07, 6.45) is -0.473. The van der Waals surface area contributed by atoms with Crippen molar-refractivity contribution in [2.45, 2.75) is 37.9 Å². The average Bonchev–Trinajstić information content (AvgIpc) is 2.99. The van der Waals surface area contributed by atoms with Crippen molar-refractivity contribution in [3.05, 3.63) is 47.7 Å². The maximum atomic E-state index is 13.7. The first-order valence-corrected chi connectivity index (χ1v) is 9.94. The summed E-state index contributed by atoms with van der Waals surface area (Å²) in [4.78, 5) is 12.3. The lowest BCUT2D eigenvalue weighted by atomic mass is 10.3. The highest BCUT2D eigenvalue weighted by atomic mass is 32.2. The zero-order valence-electron chi connectivity index (χ0n) is 15.2. The number of anilines is 1. The van der Waals surface area contributed by atoms with E-state index in [0.29, 0.717) is 0 Å². The molecule has 0 bridgehead atoms. The van der Waals surface area contributed by atoms with Crippen LogP contribution in [0.5, 0.6) is 0 Å². The first-order chi connectivity index (χ1) is 12.7. The van der Waals surface area contributed by atoms with E-state index in [1.165, 1.54) is 35.5 Å². The molecule has 1 aromatic carbocycles. The summed E-state index contributed by atoms with van der Waals surface area (Å²) >= 11 is 0. The van der Waals surface area contributed by atoms with Gasteiger partial charge in [-0.3, -0.25) is 4.79 Å². The van der Waals surface area contributed by atoms with Crippen molar-refractivity contribution in [1.29, 1.82) is 0 Å². The van der Waals surface area contributed by atoms with Gasteiger partial charge < -0.3 is 14.5 Å². The van der Waals surface area contributed by atoms with Gasteiger partial charge in [-0.2, -0.15) is 4.31 Å². The second kappa shape index (κ2) is 7.41. The van der Waals surface area contributed by atoms with Crippen molar-refractivity contribution in [2.75, 3.05) is 18.4 Å². The summed E-state index contributed by atoms with van der Waals surface area (Å²) in [6.45, 7) is 5.50. The van der Waals surface area contributed by atoms with Crippen molar-refractivity contribution in [3.63, 3.8) is 0 Å². The van der Waals surface area contributed by atoms with Gasteiger partial charge in [-0.15, -0.1) is 0 Å². The van der Waals surface area contributed by atoms with Crippen molar-refractivity contribution >= 4 is 21.6 Å². The third-order valence-corrected chi connectivity index (χ3v) is 6.16. The number of para-hydroxylation sites is 1. The van der Waals surface area contributed by atoms with Gasteiger partial charge in [-0.05, 0) is 32.9 Å². The van der Waals surface area contributed by atoms with Crippen molar-refractivity contribution in [1.82, 2.24) is 4.31 Å². The number of hydrogen-bond acceptors (Lipinski definition) is 5. The van der Waals surface area contributed by atoms with Gasteiger partial charge in [-0.25, -0.2) is 12.8 Å². The molecule has 1 aliphatic heterocycles. The van der Waals surface area contributed by atoms with Crippen LogP contribution < -0.4 is 5.32 Å². The molecule has 1 N–H and O–H groups in total. The van der Waals surface area contributed by atoms with Crippen LogP contribution in [0.25, 0.3) is 0 Å². The molecule has 3 rings (SSSR count). The van der Waals surface area contributed by atoms with Gasteiger partial charge in [0.15, 0.2) is 5.76 Å². The summed E-state index contributed by atoms with van der Waals surface area (Å²) < 4.78 is 51.9. The molecular formula is C18H21FN2O5S. The molecule has 1 amide bonds. The molecular weight excluding hydrogens is 375 g/mol. The Morgan fingerprint density at radius 2 is 1.85 bits per heavy atom. The number of carbonyl (C=O) groups is 1. The van der Waals surface area contributed by atoms with Gasteiger partial charge >= 0.3 is 0 Å². The monoisotopic (exact) mass is 396 g/mol. The number of morpholine rings is 1. The molecule has 0 saturated carbocycles. The second-order valence-corrected chi connectivity index (χ2v) is 8.45. The summed E-state index contributed by atoms with van der Waals surface area (Å²) in [7, 11) is -3.85. The minimum absolute atomic E-state index is 0.0169. The third-order valence-electron chi connectivity index (χ3n) is 4.22. The lowest BCUT2D eigenvalue weighted by Gasteiger charge is -2.34. The molecule has 146 valence electrons. The van der Waals surface area contributed by atoms with Crippen LogP contribution in [0.15, 0.2) is 39.6 Å². The Kier molecular flexibility index (Phi) is 5.36. The molecule has 2 atom stereocenters. The summed E-state index contributed by atoms with van der Waals surface area (Å²) in [5, 5.41) is 2.38. The normalized spacial score (nSPS) is 21.2. The number of benzene rings is 1. The third kappa shape index (κ3) is 4.05. The molecule has 0 unspecified atom stereocenters. The Hall–Kier alpha value is -2.23. The van der Waals surface area contributed by atoms with E-state index in [1.54, 1.807) is 19.9 Å². The molecule has 9 heteroatoms. The highest BCUT2D eigenvalue weighted by molar-refractivity contribution is 7.89. The van der Waals surface area contributed by atoms with Crippen LogP contribution >= 0.6 is 0 Å². The fourth-order valence-electron chi connectivity index (χ4n) is 3.05. The Bertz CT molecular complexity index is 946. The fourth-order valence-corrected chi connectivity index (χ4v) is 4.80. The van der Waals surface area contributed by atoms with Gasteiger partial charge in [0.1, 0.15) is 16.5 Å². The molecule has 1 aliphatic rings. The lowest BCUT2D eigenvalue weighted by Crippen LogP contribution is -2.48. The quantitative estimate of drug-likeness (QED) is 0.858. The second-order valence-electron chi connectivity index (χ2n) is 6.54. The van der Waals surface area contributed by atoms with E-state index in [0.717, 1.165) is 0 Å². The molecule has 0 radical (unpaired) electrons. The van der Waals surface area contributed by atoms with Gasteiger partial charge in [0.2, 0.25) is 10.0 Å². The SMILES string of the molecule is Cc1oc(C(=O)Nc2ccccc2F)cc1S(=O)(=O)N1C[C@@H](C)O[C@H](C)C1. The van der Waals surface area contributed by atoms with E-state index in [9.17, 15) is 17.6 Å². The number of halogens is 1. The average molecular weight is 396 g/mol. The van der Waals surface area contributed by atoms with Crippen LogP contribution in [0.1, 0.15) is 30.2 Å². The Balaban J connectivity index is 1.85. The van der Waals surface area contributed by atoms with E-state index in [2.05, 4.69) is 5.32 Å². The highest BCUT2D eigenvalue weighted by Gasteiger charge is 2.35. The van der Waals surface area contributed by atoms with Crippen molar-refractivity contribution in [3.8, 4) is 0 Å². The van der Waals surface area contributed by atoms with Crippen LogP contribution in [-0.2, 0) is 14.8 Å². The molecule has 2 aromatic rings. The molecule has 7 nitrogen and oxygen atoms in total. The van der Waals surface area contributed by atoms with Gasteiger partial charge in [0.05, 0.1) is 17.9 Å². The first kappa shape index (κ1) is 19.5.